The maximum absolute atomic E-state index is 12.6. The number of fused-ring (bicyclic) bond motifs is 1. The molecule has 9 heteroatoms. The van der Waals surface area contributed by atoms with Gasteiger partial charge in [-0.2, -0.15) is 0 Å². The lowest BCUT2D eigenvalue weighted by atomic mass is 10.2. The lowest BCUT2D eigenvalue weighted by Crippen LogP contribution is -2.16. The molecule has 0 aliphatic heterocycles. The van der Waals surface area contributed by atoms with Crippen molar-refractivity contribution in [2.45, 2.75) is 37.6 Å². The van der Waals surface area contributed by atoms with Gasteiger partial charge >= 0.3 is 0 Å². The lowest BCUT2D eigenvalue weighted by molar-refractivity contribution is -0.117. The van der Waals surface area contributed by atoms with Crippen molar-refractivity contribution < 1.29 is 4.79 Å². The number of halogens is 1. The molecule has 0 aromatic carbocycles. The first-order chi connectivity index (χ1) is 15.6. The number of thiophene rings is 1. The van der Waals surface area contributed by atoms with Crippen LogP contribution in [0.15, 0.2) is 49.1 Å². The van der Waals surface area contributed by atoms with E-state index in [-0.39, 0.29) is 17.7 Å². The number of nitrogens with one attached hydrogen (secondary N) is 2. The van der Waals surface area contributed by atoms with E-state index in [4.69, 9.17) is 11.6 Å². The molecule has 0 radical (unpaired) electrons. The molecule has 2 N–H and O–H groups in total. The normalized spacial score (nSPS) is 19.8. The molecule has 6 rings (SSSR count). The van der Waals surface area contributed by atoms with Gasteiger partial charge in [0.15, 0.2) is 0 Å². The van der Waals surface area contributed by atoms with Crippen LogP contribution in [-0.2, 0) is 11.3 Å². The number of aromatic nitrogens is 4. The SMILES string of the molecule is O=C(Nc1cc(NCc2cn3cc(C4CC4)ccc3n2)ncn1)C1CC1c1ccc(Cl)s1. The predicted octanol–water partition coefficient (Wildman–Crippen LogP) is 5.07. The topological polar surface area (TPSA) is 84.2 Å². The number of imidazole rings is 1. The number of pyridine rings is 1. The number of hydrogen-bond acceptors (Lipinski definition) is 6. The molecular formula is C23H21ClN6OS. The van der Waals surface area contributed by atoms with Crippen molar-refractivity contribution in [1.82, 2.24) is 19.4 Å². The summed E-state index contributed by atoms with van der Waals surface area (Å²) >= 11 is 7.56. The average molecular weight is 465 g/mol. The smallest absolute Gasteiger partial charge is 0.229 e. The summed E-state index contributed by atoms with van der Waals surface area (Å²) in [5.41, 5.74) is 3.25. The minimum Gasteiger partial charge on any atom is -0.364 e. The van der Waals surface area contributed by atoms with E-state index < -0.39 is 0 Å². The molecule has 2 aliphatic rings. The lowest BCUT2D eigenvalue weighted by Gasteiger charge is -2.07. The van der Waals surface area contributed by atoms with E-state index in [0.717, 1.165) is 27.0 Å². The Morgan fingerprint density at radius 2 is 2.03 bits per heavy atom. The first-order valence-corrected chi connectivity index (χ1v) is 11.9. The second kappa shape index (κ2) is 7.86. The Balaban J connectivity index is 1.08. The van der Waals surface area contributed by atoms with E-state index in [9.17, 15) is 4.79 Å². The van der Waals surface area contributed by atoms with Crippen molar-refractivity contribution in [2.75, 3.05) is 10.6 Å². The maximum atomic E-state index is 12.6. The van der Waals surface area contributed by atoms with Gasteiger partial charge < -0.3 is 15.0 Å². The number of nitrogens with zero attached hydrogens (tertiary/aromatic N) is 4. The Morgan fingerprint density at radius 3 is 2.84 bits per heavy atom. The van der Waals surface area contributed by atoms with Crippen LogP contribution in [0.2, 0.25) is 4.34 Å². The van der Waals surface area contributed by atoms with Gasteiger partial charge in [0.2, 0.25) is 5.91 Å². The summed E-state index contributed by atoms with van der Waals surface area (Å²) in [5.74, 6) is 2.05. The van der Waals surface area contributed by atoms with Crippen LogP contribution < -0.4 is 10.6 Å². The second-order valence-electron chi connectivity index (χ2n) is 8.46. The largest absolute Gasteiger partial charge is 0.364 e. The molecule has 0 spiro atoms. The molecule has 0 bridgehead atoms. The Labute approximate surface area is 193 Å². The molecule has 1 amide bonds. The van der Waals surface area contributed by atoms with Gasteiger partial charge in [0.25, 0.3) is 0 Å². The third kappa shape index (κ3) is 4.08. The molecule has 162 valence electrons. The Bertz CT molecular complexity index is 1310. The van der Waals surface area contributed by atoms with Crippen LogP contribution in [0.5, 0.6) is 0 Å². The van der Waals surface area contributed by atoms with Crippen LogP contribution in [0, 0.1) is 5.92 Å². The zero-order valence-electron chi connectivity index (χ0n) is 17.2. The van der Waals surface area contributed by atoms with Gasteiger partial charge in [-0.25, -0.2) is 15.0 Å². The highest BCUT2D eigenvalue weighted by Crippen LogP contribution is 2.50. The van der Waals surface area contributed by atoms with Crippen molar-refractivity contribution in [3.8, 4) is 0 Å². The number of hydrogen-bond donors (Lipinski definition) is 2. The molecule has 4 heterocycles. The Hall–Kier alpha value is -2.97. The van der Waals surface area contributed by atoms with Crippen LogP contribution >= 0.6 is 22.9 Å². The van der Waals surface area contributed by atoms with E-state index in [0.29, 0.717) is 24.1 Å². The summed E-state index contributed by atoms with van der Waals surface area (Å²) in [6.07, 6.45) is 9.08. The molecule has 2 fully saturated rings. The number of anilines is 2. The zero-order chi connectivity index (χ0) is 21.7. The average Bonchev–Trinajstić information content (AvgIpc) is 3.71. The highest BCUT2D eigenvalue weighted by atomic mass is 35.5. The van der Waals surface area contributed by atoms with Crippen molar-refractivity contribution in [1.29, 1.82) is 0 Å². The van der Waals surface area contributed by atoms with Crippen LogP contribution in [0.1, 0.15) is 47.2 Å². The van der Waals surface area contributed by atoms with Gasteiger partial charge in [-0.3, -0.25) is 4.79 Å². The molecule has 7 nitrogen and oxygen atoms in total. The Kier molecular flexibility index (Phi) is 4.84. The molecule has 2 atom stereocenters. The van der Waals surface area contributed by atoms with Gasteiger partial charge in [-0.15, -0.1) is 11.3 Å². The summed E-state index contributed by atoms with van der Waals surface area (Å²) in [5, 5.41) is 6.19. The second-order valence-corrected chi connectivity index (χ2v) is 10.2. The van der Waals surface area contributed by atoms with Crippen molar-refractivity contribution in [3.63, 3.8) is 0 Å². The van der Waals surface area contributed by atoms with Crippen molar-refractivity contribution in [2.24, 2.45) is 5.92 Å². The monoisotopic (exact) mass is 464 g/mol. The maximum Gasteiger partial charge on any atom is 0.229 e. The van der Waals surface area contributed by atoms with E-state index in [1.165, 1.54) is 24.7 Å². The summed E-state index contributed by atoms with van der Waals surface area (Å²) < 4.78 is 2.84. The summed E-state index contributed by atoms with van der Waals surface area (Å²) in [7, 11) is 0. The minimum atomic E-state index is -0.0328. The third-order valence-electron chi connectivity index (χ3n) is 6.03. The number of amides is 1. The van der Waals surface area contributed by atoms with Gasteiger partial charge in [-0.05, 0) is 48.9 Å². The predicted molar refractivity (Wildman–Crippen MR) is 125 cm³/mol. The molecular weight excluding hydrogens is 444 g/mol. The van der Waals surface area contributed by atoms with E-state index in [2.05, 4.69) is 48.3 Å². The fraction of sp³-hybridized carbons (Fsp3) is 0.304. The molecule has 4 aromatic rings. The number of carbonyl (C=O) groups excluding carboxylic acids is 1. The molecule has 2 unspecified atom stereocenters. The van der Waals surface area contributed by atoms with Crippen molar-refractivity contribution >= 4 is 46.1 Å². The first-order valence-electron chi connectivity index (χ1n) is 10.7. The van der Waals surface area contributed by atoms with Crippen LogP contribution in [0.25, 0.3) is 5.65 Å². The number of carbonyl (C=O) groups is 1. The van der Waals surface area contributed by atoms with Gasteiger partial charge in [0.05, 0.1) is 16.6 Å². The van der Waals surface area contributed by atoms with E-state index in [1.54, 1.807) is 17.4 Å². The highest BCUT2D eigenvalue weighted by molar-refractivity contribution is 7.16. The van der Waals surface area contributed by atoms with Crippen LogP contribution in [-0.4, -0.2) is 25.3 Å². The quantitative estimate of drug-likeness (QED) is 0.399. The van der Waals surface area contributed by atoms with Crippen LogP contribution in [0.3, 0.4) is 0 Å². The molecule has 2 aliphatic carbocycles. The van der Waals surface area contributed by atoms with Gasteiger partial charge in [-0.1, -0.05) is 17.7 Å². The minimum absolute atomic E-state index is 0.0176. The highest BCUT2D eigenvalue weighted by Gasteiger charge is 2.44. The Morgan fingerprint density at radius 1 is 1.16 bits per heavy atom. The molecule has 0 saturated heterocycles. The van der Waals surface area contributed by atoms with Crippen LogP contribution in [0.4, 0.5) is 11.6 Å². The standard InChI is InChI=1S/C23H21ClN6OS/c24-19-5-4-18(32-19)16-7-17(16)23(31)29-21-8-20(26-12-27-21)25-9-15-11-30-10-14(13-1-2-13)3-6-22(30)28-15/h3-6,8,10-13,16-17H,1-2,7,9H2,(H2,25,26,27,29,31). The molecule has 4 aromatic heterocycles. The molecule has 2 saturated carbocycles. The summed E-state index contributed by atoms with van der Waals surface area (Å²) in [6.45, 7) is 0.536. The zero-order valence-corrected chi connectivity index (χ0v) is 18.7. The fourth-order valence-electron chi connectivity index (χ4n) is 4.05. The third-order valence-corrected chi connectivity index (χ3v) is 7.39. The van der Waals surface area contributed by atoms with Gasteiger partial charge in [0, 0.05) is 35.2 Å². The van der Waals surface area contributed by atoms with Gasteiger partial charge in [0.1, 0.15) is 23.6 Å². The number of rotatable bonds is 7. The molecule has 32 heavy (non-hydrogen) atoms. The first kappa shape index (κ1) is 19.7. The summed E-state index contributed by atoms with van der Waals surface area (Å²) in [6, 6.07) is 9.88. The van der Waals surface area contributed by atoms with E-state index >= 15 is 0 Å². The fourth-order valence-corrected chi connectivity index (χ4v) is 5.29. The summed E-state index contributed by atoms with van der Waals surface area (Å²) in [4.78, 5) is 26.9. The van der Waals surface area contributed by atoms with Crippen molar-refractivity contribution in [3.05, 3.63) is 69.5 Å². The van der Waals surface area contributed by atoms with E-state index in [1.807, 2.05) is 18.3 Å².